The summed E-state index contributed by atoms with van der Waals surface area (Å²) in [6, 6.07) is 0. The number of carbonyl (C=O) groups excluding carboxylic acids is 3. The fourth-order valence-electron chi connectivity index (χ4n) is 6.93. The number of unbranched alkanes of at least 4 members (excludes halogenated alkanes) is 21. The van der Waals surface area contributed by atoms with Gasteiger partial charge in [0.15, 0.2) is 6.10 Å². The smallest absolute Gasteiger partial charge is 0.306 e. The second-order valence-electron chi connectivity index (χ2n) is 17.0. The molecule has 6 nitrogen and oxygen atoms in total. The number of allylic oxidation sites excluding steroid dienone is 14. The van der Waals surface area contributed by atoms with Crippen LogP contribution < -0.4 is 0 Å². The molecule has 0 saturated heterocycles. The van der Waals surface area contributed by atoms with Crippen LogP contribution >= 0.6 is 0 Å². The highest BCUT2D eigenvalue weighted by molar-refractivity contribution is 5.71. The number of hydrogen-bond acceptors (Lipinski definition) is 6. The molecule has 0 N–H and O–H groups in total. The monoisotopic (exact) mass is 877 g/mol. The predicted molar refractivity (Wildman–Crippen MR) is 270 cm³/mol. The Morgan fingerprint density at radius 3 is 1.05 bits per heavy atom. The van der Waals surface area contributed by atoms with Gasteiger partial charge in [-0.2, -0.15) is 0 Å². The molecule has 0 saturated carbocycles. The summed E-state index contributed by atoms with van der Waals surface area (Å²) >= 11 is 0. The number of rotatable bonds is 46. The number of carbonyl (C=O) groups is 3. The molecule has 0 rings (SSSR count). The first-order chi connectivity index (χ1) is 31.0. The third kappa shape index (κ3) is 49.5. The lowest BCUT2D eigenvalue weighted by atomic mass is 10.1. The zero-order valence-corrected chi connectivity index (χ0v) is 41.1. The molecule has 6 heteroatoms. The molecule has 0 aromatic carbocycles. The molecule has 1 unspecified atom stereocenters. The molecule has 63 heavy (non-hydrogen) atoms. The normalized spacial score (nSPS) is 12.7. The van der Waals surface area contributed by atoms with E-state index in [1.807, 2.05) is 0 Å². The van der Waals surface area contributed by atoms with Crippen LogP contribution in [-0.2, 0) is 28.6 Å². The first-order valence-electron chi connectivity index (χ1n) is 26.1. The summed E-state index contributed by atoms with van der Waals surface area (Å²) in [5, 5.41) is 0. The average molecular weight is 877 g/mol. The molecule has 0 aromatic heterocycles. The maximum absolute atomic E-state index is 12.8. The van der Waals surface area contributed by atoms with E-state index in [0.29, 0.717) is 19.3 Å². The quantitative estimate of drug-likeness (QED) is 0.0262. The molecular weight excluding hydrogens is 781 g/mol. The first kappa shape index (κ1) is 59.6. The van der Waals surface area contributed by atoms with Crippen molar-refractivity contribution in [1.82, 2.24) is 0 Å². The third-order valence-corrected chi connectivity index (χ3v) is 10.9. The highest BCUT2D eigenvalue weighted by atomic mass is 16.6. The average Bonchev–Trinajstić information content (AvgIpc) is 3.28. The molecule has 0 heterocycles. The zero-order valence-electron chi connectivity index (χ0n) is 41.1. The second-order valence-corrected chi connectivity index (χ2v) is 17.0. The zero-order chi connectivity index (χ0) is 45.8. The van der Waals surface area contributed by atoms with Gasteiger partial charge in [0, 0.05) is 19.3 Å². The summed E-state index contributed by atoms with van der Waals surface area (Å²) in [5.74, 6) is -0.960. The van der Waals surface area contributed by atoms with Gasteiger partial charge in [0.1, 0.15) is 13.2 Å². The molecule has 0 spiro atoms. The van der Waals surface area contributed by atoms with Crippen molar-refractivity contribution < 1.29 is 28.6 Å². The molecule has 0 aliphatic rings. The SMILES string of the molecule is CC/C=C\C/C=C\C/C=C\C/C=C\CCCCC(=O)OC(COC(=O)CCCCCCC/C=C\CCCCC)COC(=O)CCCCCCCCC/C=C\C/C=C\CCCCCC. The minimum atomic E-state index is -0.804. The summed E-state index contributed by atoms with van der Waals surface area (Å²) in [5.41, 5.74) is 0. The van der Waals surface area contributed by atoms with Crippen LogP contribution in [0.5, 0.6) is 0 Å². The van der Waals surface area contributed by atoms with Crippen molar-refractivity contribution in [2.45, 2.75) is 245 Å². The first-order valence-corrected chi connectivity index (χ1v) is 26.1. The lowest BCUT2D eigenvalue weighted by Gasteiger charge is -2.18. The Bertz CT molecular complexity index is 1240. The van der Waals surface area contributed by atoms with Crippen LogP contribution in [0.4, 0.5) is 0 Å². The van der Waals surface area contributed by atoms with Gasteiger partial charge < -0.3 is 14.2 Å². The highest BCUT2D eigenvalue weighted by Gasteiger charge is 2.19. The van der Waals surface area contributed by atoms with Gasteiger partial charge in [-0.1, -0.05) is 189 Å². The van der Waals surface area contributed by atoms with Crippen LogP contribution in [0.3, 0.4) is 0 Å². The van der Waals surface area contributed by atoms with Crippen molar-refractivity contribution >= 4 is 17.9 Å². The number of hydrogen-bond donors (Lipinski definition) is 0. The number of esters is 3. The molecule has 360 valence electrons. The van der Waals surface area contributed by atoms with Crippen LogP contribution in [0.1, 0.15) is 239 Å². The van der Waals surface area contributed by atoms with Gasteiger partial charge in [-0.25, -0.2) is 0 Å². The van der Waals surface area contributed by atoms with E-state index in [1.165, 1.54) is 89.9 Å². The fourth-order valence-corrected chi connectivity index (χ4v) is 6.93. The second kappa shape index (κ2) is 51.2. The predicted octanol–water partition coefficient (Wildman–Crippen LogP) is 17.2. The summed E-state index contributed by atoms with van der Waals surface area (Å²) in [6.07, 6.45) is 65.7. The van der Waals surface area contributed by atoms with E-state index in [9.17, 15) is 14.4 Å². The van der Waals surface area contributed by atoms with E-state index in [2.05, 4.69) is 106 Å². The largest absolute Gasteiger partial charge is 0.462 e. The maximum Gasteiger partial charge on any atom is 0.306 e. The van der Waals surface area contributed by atoms with Crippen LogP contribution in [-0.4, -0.2) is 37.2 Å². The number of ether oxygens (including phenoxy) is 3. The molecule has 0 radical (unpaired) electrons. The van der Waals surface area contributed by atoms with E-state index in [1.54, 1.807) is 0 Å². The van der Waals surface area contributed by atoms with Gasteiger partial charge in [-0.05, 0) is 116 Å². The van der Waals surface area contributed by atoms with Crippen molar-refractivity contribution in [3.05, 3.63) is 85.1 Å². The molecule has 0 aromatic rings. The molecular formula is C57H96O6. The molecule has 1 atom stereocenters. The van der Waals surface area contributed by atoms with Crippen molar-refractivity contribution in [2.24, 2.45) is 0 Å². The van der Waals surface area contributed by atoms with Gasteiger partial charge in [-0.15, -0.1) is 0 Å². The van der Waals surface area contributed by atoms with Crippen LogP contribution in [0.2, 0.25) is 0 Å². The lowest BCUT2D eigenvalue weighted by Crippen LogP contribution is -2.30. The lowest BCUT2D eigenvalue weighted by molar-refractivity contribution is -0.167. The Kier molecular flexibility index (Phi) is 48.5. The Morgan fingerprint density at radius 1 is 0.333 bits per heavy atom. The molecule has 0 aliphatic heterocycles. The van der Waals surface area contributed by atoms with Crippen molar-refractivity contribution in [3.63, 3.8) is 0 Å². The van der Waals surface area contributed by atoms with Gasteiger partial charge in [0.05, 0.1) is 0 Å². The Hall–Kier alpha value is -3.41. The topological polar surface area (TPSA) is 78.9 Å². The van der Waals surface area contributed by atoms with E-state index >= 15 is 0 Å². The van der Waals surface area contributed by atoms with Gasteiger partial charge >= 0.3 is 17.9 Å². The van der Waals surface area contributed by atoms with Crippen LogP contribution in [0.15, 0.2) is 85.1 Å². The van der Waals surface area contributed by atoms with Gasteiger partial charge in [0.2, 0.25) is 0 Å². The molecule has 0 bridgehead atoms. The van der Waals surface area contributed by atoms with Crippen molar-refractivity contribution in [1.29, 1.82) is 0 Å². The summed E-state index contributed by atoms with van der Waals surface area (Å²) in [7, 11) is 0. The highest BCUT2D eigenvalue weighted by Crippen LogP contribution is 2.13. The van der Waals surface area contributed by atoms with Gasteiger partial charge in [0.25, 0.3) is 0 Å². The Balaban J connectivity index is 4.45. The van der Waals surface area contributed by atoms with E-state index in [0.717, 1.165) is 103 Å². The molecule has 0 amide bonds. The Morgan fingerprint density at radius 2 is 0.619 bits per heavy atom. The van der Waals surface area contributed by atoms with E-state index in [-0.39, 0.29) is 37.5 Å². The fraction of sp³-hybridized carbons (Fsp3) is 0.702. The molecule has 0 aliphatic carbocycles. The third-order valence-electron chi connectivity index (χ3n) is 10.9. The standard InChI is InChI=1S/C57H96O6/c1-4-7-10-13-16-19-22-25-27-28-29-31-32-35-38-41-44-47-50-56(59)62-53-54(52-61-55(58)49-46-43-40-37-34-24-21-18-15-12-9-6-3)63-57(60)51-48-45-42-39-36-33-30-26-23-20-17-14-11-8-5-2/h8,11,17-22,26-28,30,36,39,54H,4-7,9-10,12-16,23-25,29,31-35,37-38,40-53H2,1-3H3/b11-8-,20-17-,21-18-,22-19-,28-27-,30-26-,39-36-. The molecule has 0 fully saturated rings. The summed E-state index contributed by atoms with van der Waals surface area (Å²) < 4.78 is 16.7. The maximum atomic E-state index is 12.8. The van der Waals surface area contributed by atoms with E-state index in [4.69, 9.17) is 14.2 Å². The van der Waals surface area contributed by atoms with Crippen molar-refractivity contribution in [2.75, 3.05) is 13.2 Å². The minimum absolute atomic E-state index is 0.101. The Labute approximate surface area is 388 Å². The van der Waals surface area contributed by atoms with Crippen LogP contribution in [0, 0.1) is 0 Å². The van der Waals surface area contributed by atoms with Crippen LogP contribution in [0.25, 0.3) is 0 Å². The van der Waals surface area contributed by atoms with Gasteiger partial charge in [-0.3, -0.25) is 14.4 Å². The summed E-state index contributed by atoms with van der Waals surface area (Å²) in [6.45, 7) is 6.43. The summed E-state index contributed by atoms with van der Waals surface area (Å²) in [4.78, 5) is 38.0. The van der Waals surface area contributed by atoms with Crippen molar-refractivity contribution in [3.8, 4) is 0 Å². The minimum Gasteiger partial charge on any atom is -0.462 e. The van der Waals surface area contributed by atoms with E-state index < -0.39 is 6.10 Å².